The van der Waals surface area contributed by atoms with Gasteiger partial charge in [0.1, 0.15) is 12.1 Å². The number of benzene rings is 3. The topological polar surface area (TPSA) is 64.1 Å². The zero-order valence-corrected chi connectivity index (χ0v) is 15.9. The Morgan fingerprint density at radius 3 is 2.31 bits per heavy atom. The van der Waals surface area contributed by atoms with Crippen molar-refractivity contribution in [3.63, 3.8) is 0 Å². The molecule has 0 aliphatic rings. The van der Waals surface area contributed by atoms with Crippen LogP contribution in [0.5, 0.6) is 11.6 Å². The SMILES string of the molecule is Cc1ccc(NC(=O)c2ccc(-c3cc(Oc4ccccc4)ncn3)cc2)cc1. The van der Waals surface area contributed by atoms with E-state index in [0.29, 0.717) is 17.2 Å². The van der Waals surface area contributed by atoms with Crippen molar-refractivity contribution in [2.24, 2.45) is 0 Å². The maximum absolute atomic E-state index is 12.4. The van der Waals surface area contributed by atoms with Gasteiger partial charge in [-0.3, -0.25) is 4.79 Å². The van der Waals surface area contributed by atoms with Gasteiger partial charge in [0.25, 0.3) is 5.91 Å². The van der Waals surface area contributed by atoms with Crippen molar-refractivity contribution in [3.8, 4) is 22.9 Å². The van der Waals surface area contributed by atoms with Gasteiger partial charge in [0.05, 0.1) is 5.69 Å². The van der Waals surface area contributed by atoms with Crippen LogP contribution < -0.4 is 10.1 Å². The van der Waals surface area contributed by atoms with E-state index in [4.69, 9.17) is 4.74 Å². The lowest BCUT2D eigenvalue weighted by Crippen LogP contribution is -2.11. The number of nitrogens with one attached hydrogen (secondary N) is 1. The van der Waals surface area contributed by atoms with E-state index in [0.717, 1.165) is 22.5 Å². The molecule has 3 aromatic carbocycles. The molecule has 0 aliphatic carbocycles. The van der Waals surface area contributed by atoms with Crippen LogP contribution in [0.25, 0.3) is 11.3 Å². The van der Waals surface area contributed by atoms with Gasteiger partial charge in [-0.15, -0.1) is 0 Å². The van der Waals surface area contributed by atoms with Gasteiger partial charge >= 0.3 is 0 Å². The Morgan fingerprint density at radius 1 is 0.862 bits per heavy atom. The number of carbonyl (C=O) groups is 1. The van der Waals surface area contributed by atoms with Gasteiger partial charge in [0, 0.05) is 22.9 Å². The first-order chi connectivity index (χ1) is 14.2. The molecule has 0 saturated heterocycles. The number of aryl methyl sites for hydroxylation is 1. The smallest absolute Gasteiger partial charge is 0.255 e. The quantitative estimate of drug-likeness (QED) is 0.496. The molecule has 142 valence electrons. The highest BCUT2D eigenvalue weighted by Crippen LogP contribution is 2.24. The second-order valence-electron chi connectivity index (χ2n) is 6.55. The fourth-order valence-corrected chi connectivity index (χ4v) is 2.79. The van der Waals surface area contributed by atoms with Gasteiger partial charge in [-0.05, 0) is 43.3 Å². The largest absolute Gasteiger partial charge is 0.439 e. The maximum atomic E-state index is 12.4. The van der Waals surface area contributed by atoms with Gasteiger partial charge in [0.2, 0.25) is 5.88 Å². The van der Waals surface area contributed by atoms with Crippen LogP contribution in [-0.2, 0) is 0 Å². The Bertz CT molecular complexity index is 1110. The summed E-state index contributed by atoms with van der Waals surface area (Å²) in [5.74, 6) is 1.01. The Balaban J connectivity index is 1.48. The Kier molecular flexibility index (Phi) is 5.29. The van der Waals surface area contributed by atoms with Crippen molar-refractivity contribution < 1.29 is 9.53 Å². The minimum Gasteiger partial charge on any atom is -0.439 e. The number of hydrogen-bond donors (Lipinski definition) is 1. The predicted molar refractivity (Wildman–Crippen MR) is 113 cm³/mol. The molecule has 1 N–H and O–H groups in total. The molecule has 0 bridgehead atoms. The third-order valence-electron chi connectivity index (χ3n) is 4.36. The standard InChI is InChI=1S/C24H19N3O2/c1-17-7-13-20(14-8-17)27-24(28)19-11-9-18(10-12-19)22-15-23(26-16-25-22)29-21-5-3-2-4-6-21/h2-16H,1H3,(H,27,28). The number of amides is 1. The zero-order valence-electron chi connectivity index (χ0n) is 15.9. The number of ether oxygens (including phenoxy) is 1. The molecule has 4 rings (SSSR count). The molecule has 29 heavy (non-hydrogen) atoms. The molecule has 1 heterocycles. The molecule has 0 saturated carbocycles. The lowest BCUT2D eigenvalue weighted by atomic mass is 10.1. The van der Waals surface area contributed by atoms with Crippen LogP contribution >= 0.6 is 0 Å². The van der Waals surface area contributed by atoms with Crippen LogP contribution in [0.3, 0.4) is 0 Å². The second-order valence-corrected chi connectivity index (χ2v) is 6.55. The van der Waals surface area contributed by atoms with Gasteiger partial charge < -0.3 is 10.1 Å². The molecular weight excluding hydrogens is 362 g/mol. The Hall–Kier alpha value is -3.99. The number of para-hydroxylation sites is 1. The Labute approximate surface area is 169 Å². The highest BCUT2D eigenvalue weighted by Gasteiger charge is 2.08. The van der Waals surface area contributed by atoms with E-state index < -0.39 is 0 Å². The number of anilines is 1. The van der Waals surface area contributed by atoms with E-state index in [1.165, 1.54) is 6.33 Å². The number of hydrogen-bond acceptors (Lipinski definition) is 4. The van der Waals surface area contributed by atoms with Crippen molar-refractivity contribution in [1.82, 2.24) is 9.97 Å². The molecular formula is C24H19N3O2. The first-order valence-corrected chi connectivity index (χ1v) is 9.21. The lowest BCUT2D eigenvalue weighted by Gasteiger charge is -2.08. The first-order valence-electron chi connectivity index (χ1n) is 9.21. The van der Waals surface area contributed by atoms with Gasteiger partial charge in [-0.25, -0.2) is 9.97 Å². The van der Waals surface area contributed by atoms with Crippen LogP contribution in [0.1, 0.15) is 15.9 Å². The summed E-state index contributed by atoms with van der Waals surface area (Å²) in [4.78, 5) is 20.9. The maximum Gasteiger partial charge on any atom is 0.255 e. The summed E-state index contributed by atoms with van der Waals surface area (Å²) in [6.07, 6.45) is 1.46. The normalized spacial score (nSPS) is 10.4. The molecule has 0 fully saturated rings. The molecule has 4 aromatic rings. The summed E-state index contributed by atoms with van der Waals surface area (Å²) in [7, 11) is 0. The summed E-state index contributed by atoms with van der Waals surface area (Å²) >= 11 is 0. The number of rotatable bonds is 5. The summed E-state index contributed by atoms with van der Waals surface area (Å²) < 4.78 is 5.76. The van der Waals surface area contributed by atoms with Crippen LogP contribution in [0.4, 0.5) is 5.69 Å². The molecule has 0 spiro atoms. The van der Waals surface area contributed by atoms with Crippen LogP contribution in [-0.4, -0.2) is 15.9 Å². The second kappa shape index (κ2) is 8.35. The Morgan fingerprint density at radius 2 is 1.59 bits per heavy atom. The average Bonchev–Trinajstić information content (AvgIpc) is 2.76. The average molecular weight is 381 g/mol. The molecule has 0 radical (unpaired) electrons. The van der Waals surface area contributed by atoms with Gasteiger partial charge in [0.15, 0.2) is 0 Å². The zero-order chi connectivity index (χ0) is 20.1. The summed E-state index contributed by atoms with van der Waals surface area (Å²) in [6.45, 7) is 2.01. The molecule has 0 atom stereocenters. The molecule has 0 aliphatic heterocycles. The minimum atomic E-state index is -0.156. The van der Waals surface area contributed by atoms with E-state index in [1.54, 1.807) is 18.2 Å². The van der Waals surface area contributed by atoms with Crippen molar-refractivity contribution in [3.05, 3.63) is 102 Å². The summed E-state index contributed by atoms with van der Waals surface area (Å²) in [5.41, 5.74) is 4.08. The van der Waals surface area contributed by atoms with E-state index >= 15 is 0 Å². The monoisotopic (exact) mass is 381 g/mol. The third-order valence-corrected chi connectivity index (χ3v) is 4.36. The minimum absolute atomic E-state index is 0.156. The summed E-state index contributed by atoms with van der Waals surface area (Å²) in [5, 5.41) is 2.90. The molecule has 0 unspecified atom stereocenters. The van der Waals surface area contributed by atoms with E-state index in [9.17, 15) is 4.79 Å². The molecule has 1 aromatic heterocycles. The third kappa shape index (κ3) is 4.65. The lowest BCUT2D eigenvalue weighted by molar-refractivity contribution is 0.102. The van der Waals surface area contributed by atoms with E-state index in [-0.39, 0.29) is 5.91 Å². The van der Waals surface area contributed by atoms with Crippen LogP contribution in [0, 0.1) is 6.92 Å². The molecule has 5 nitrogen and oxygen atoms in total. The van der Waals surface area contributed by atoms with Crippen LogP contribution in [0.2, 0.25) is 0 Å². The van der Waals surface area contributed by atoms with Crippen molar-refractivity contribution in [1.29, 1.82) is 0 Å². The van der Waals surface area contributed by atoms with Gasteiger partial charge in [-0.2, -0.15) is 0 Å². The van der Waals surface area contributed by atoms with E-state index in [1.807, 2.05) is 73.7 Å². The number of aromatic nitrogens is 2. The van der Waals surface area contributed by atoms with Crippen molar-refractivity contribution in [2.75, 3.05) is 5.32 Å². The first kappa shape index (κ1) is 18.4. The van der Waals surface area contributed by atoms with Gasteiger partial charge in [-0.1, -0.05) is 48.0 Å². The highest BCUT2D eigenvalue weighted by atomic mass is 16.5. The fourth-order valence-electron chi connectivity index (χ4n) is 2.79. The summed E-state index contributed by atoms with van der Waals surface area (Å²) in [6, 6.07) is 26.2. The van der Waals surface area contributed by atoms with Crippen LogP contribution in [0.15, 0.2) is 91.3 Å². The predicted octanol–water partition coefficient (Wildman–Crippen LogP) is 5.50. The van der Waals surface area contributed by atoms with E-state index in [2.05, 4.69) is 15.3 Å². The molecule has 5 heteroatoms. The fraction of sp³-hybridized carbons (Fsp3) is 0.0417. The van der Waals surface area contributed by atoms with Crippen molar-refractivity contribution in [2.45, 2.75) is 6.92 Å². The highest BCUT2D eigenvalue weighted by molar-refractivity contribution is 6.04. The number of carbonyl (C=O) groups excluding carboxylic acids is 1. The molecule has 1 amide bonds. The number of nitrogens with zero attached hydrogens (tertiary/aromatic N) is 2. The van der Waals surface area contributed by atoms with Crippen molar-refractivity contribution >= 4 is 11.6 Å².